The third-order valence-electron chi connectivity index (χ3n) is 7.41. The molecule has 2 aromatic carbocycles. The first-order valence-corrected chi connectivity index (χ1v) is 12.9. The molecule has 7 nitrogen and oxygen atoms in total. The second-order valence-corrected chi connectivity index (χ2v) is 10.7. The number of rotatable bonds is 10. The van der Waals surface area contributed by atoms with E-state index in [0.717, 1.165) is 55.6 Å². The maximum Gasteiger partial charge on any atom is 0.317 e. The van der Waals surface area contributed by atoms with Gasteiger partial charge >= 0.3 is 11.9 Å². The van der Waals surface area contributed by atoms with Crippen LogP contribution >= 0.6 is 0 Å². The van der Waals surface area contributed by atoms with Gasteiger partial charge in [0.15, 0.2) is 11.5 Å². The number of carboxylic acid groups (broad SMARTS) is 1. The van der Waals surface area contributed by atoms with Crippen molar-refractivity contribution < 1.29 is 28.9 Å². The molecule has 2 aromatic rings. The Kier molecular flexibility index (Phi) is 8.22. The predicted octanol–water partition coefficient (Wildman–Crippen LogP) is 5.32. The fourth-order valence-corrected chi connectivity index (χ4v) is 5.29. The van der Waals surface area contributed by atoms with Crippen molar-refractivity contribution in [2.24, 2.45) is 11.3 Å². The molecule has 4 rings (SSSR count). The smallest absolute Gasteiger partial charge is 0.317 e. The zero-order valence-corrected chi connectivity index (χ0v) is 22.2. The van der Waals surface area contributed by atoms with Gasteiger partial charge in [0.05, 0.1) is 26.1 Å². The first-order chi connectivity index (χ1) is 17.7. The minimum Gasteiger partial charge on any atom is -0.493 e. The van der Waals surface area contributed by atoms with Crippen molar-refractivity contribution in [2.45, 2.75) is 52.5 Å². The molecule has 0 spiro atoms. The highest BCUT2D eigenvalue weighted by Crippen LogP contribution is 2.44. The van der Waals surface area contributed by atoms with Crippen LogP contribution in [-0.2, 0) is 27.3 Å². The molecule has 1 aliphatic heterocycles. The normalized spacial score (nSPS) is 16.4. The van der Waals surface area contributed by atoms with Crippen molar-refractivity contribution in [2.75, 3.05) is 27.3 Å². The monoisotopic (exact) mass is 507 g/mol. The summed E-state index contributed by atoms with van der Waals surface area (Å²) >= 11 is 0. The number of allylic oxidation sites excluding steroid dienone is 1. The number of esters is 1. The van der Waals surface area contributed by atoms with Gasteiger partial charge in [0, 0.05) is 12.1 Å². The van der Waals surface area contributed by atoms with E-state index in [0.29, 0.717) is 29.6 Å². The lowest BCUT2D eigenvalue weighted by molar-refractivity contribution is -0.153. The van der Waals surface area contributed by atoms with Gasteiger partial charge in [-0.2, -0.15) is 0 Å². The number of carboxylic acids is 1. The molecule has 0 amide bonds. The Morgan fingerprint density at radius 3 is 2.30 bits per heavy atom. The van der Waals surface area contributed by atoms with Crippen LogP contribution in [0.2, 0.25) is 0 Å². The van der Waals surface area contributed by atoms with Crippen molar-refractivity contribution in [3.63, 3.8) is 0 Å². The number of piperidine rings is 1. The minimum absolute atomic E-state index is 0.299. The van der Waals surface area contributed by atoms with E-state index in [9.17, 15) is 14.7 Å². The van der Waals surface area contributed by atoms with E-state index >= 15 is 0 Å². The largest absolute Gasteiger partial charge is 0.493 e. The molecule has 2 aliphatic rings. The molecule has 0 bridgehead atoms. The van der Waals surface area contributed by atoms with E-state index in [-0.39, 0.29) is 6.42 Å². The summed E-state index contributed by atoms with van der Waals surface area (Å²) in [6.07, 6.45) is 3.35. The van der Waals surface area contributed by atoms with Crippen LogP contribution in [-0.4, -0.2) is 49.3 Å². The van der Waals surface area contributed by atoms with E-state index in [2.05, 4.69) is 29.2 Å². The first kappa shape index (κ1) is 26.7. The maximum absolute atomic E-state index is 13.1. The Balaban J connectivity index is 1.53. The summed E-state index contributed by atoms with van der Waals surface area (Å²) in [5.41, 5.74) is 3.09. The van der Waals surface area contributed by atoms with Crippen molar-refractivity contribution in [1.29, 1.82) is 0 Å². The van der Waals surface area contributed by atoms with Crippen LogP contribution in [0.25, 0.3) is 5.76 Å². The Morgan fingerprint density at radius 1 is 1.03 bits per heavy atom. The Hall–Kier alpha value is -3.32. The molecule has 0 radical (unpaired) electrons. The Labute approximate surface area is 219 Å². The quantitative estimate of drug-likeness (QED) is 0.436. The van der Waals surface area contributed by atoms with Gasteiger partial charge in [-0.1, -0.05) is 30.3 Å². The van der Waals surface area contributed by atoms with Crippen LogP contribution in [0.5, 0.6) is 11.5 Å². The van der Waals surface area contributed by atoms with Gasteiger partial charge in [-0.15, -0.1) is 0 Å². The molecule has 1 saturated heterocycles. The lowest BCUT2D eigenvalue weighted by atomic mass is 9.88. The zero-order valence-electron chi connectivity index (χ0n) is 22.2. The van der Waals surface area contributed by atoms with E-state index in [1.165, 1.54) is 5.56 Å². The molecule has 198 valence electrons. The number of benzene rings is 2. The van der Waals surface area contributed by atoms with Crippen molar-refractivity contribution in [3.8, 4) is 11.5 Å². The zero-order chi connectivity index (χ0) is 26.6. The molecule has 1 aliphatic carbocycles. The number of aliphatic carboxylic acids is 1. The van der Waals surface area contributed by atoms with Crippen LogP contribution in [0, 0.1) is 11.3 Å². The average Bonchev–Trinajstić information content (AvgIpc) is 3.19. The summed E-state index contributed by atoms with van der Waals surface area (Å²) in [5, 5.41) is 9.27. The molecule has 1 N–H and O–H groups in total. The predicted molar refractivity (Wildman–Crippen MR) is 141 cm³/mol. The van der Waals surface area contributed by atoms with Crippen LogP contribution in [0.3, 0.4) is 0 Å². The van der Waals surface area contributed by atoms with Gasteiger partial charge in [0.25, 0.3) is 0 Å². The highest BCUT2D eigenvalue weighted by molar-refractivity contribution is 5.88. The summed E-state index contributed by atoms with van der Waals surface area (Å²) < 4.78 is 17.0. The van der Waals surface area contributed by atoms with E-state index in [1.54, 1.807) is 28.1 Å². The van der Waals surface area contributed by atoms with Crippen molar-refractivity contribution in [3.05, 3.63) is 64.7 Å². The fraction of sp³-hybridized carbons (Fsp3) is 0.467. The van der Waals surface area contributed by atoms with Crippen molar-refractivity contribution >= 4 is 17.7 Å². The SMILES string of the molecule is COc1cc2c(cc1OC)C(OC(=O)C(C)(C)CC(=O)O)=C(CC1CCN(Cc3ccccc3)CC1)C2. The summed E-state index contributed by atoms with van der Waals surface area (Å²) in [5.74, 6) is 0.662. The van der Waals surface area contributed by atoms with Crippen LogP contribution in [0.15, 0.2) is 48.0 Å². The van der Waals surface area contributed by atoms with Crippen molar-refractivity contribution in [1.82, 2.24) is 4.90 Å². The van der Waals surface area contributed by atoms with Gasteiger partial charge < -0.3 is 19.3 Å². The third-order valence-corrected chi connectivity index (χ3v) is 7.41. The van der Waals surface area contributed by atoms with Crippen LogP contribution in [0.1, 0.15) is 56.2 Å². The second-order valence-electron chi connectivity index (χ2n) is 10.7. The summed E-state index contributed by atoms with van der Waals surface area (Å²) in [6.45, 7) is 6.24. The van der Waals surface area contributed by atoms with E-state index in [4.69, 9.17) is 14.2 Å². The molecule has 0 saturated carbocycles. The number of nitrogens with zero attached hydrogens (tertiary/aromatic N) is 1. The molecule has 37 heavy (non-hydrogen) atoms. The minimum atomic E-state index is -1.15. The molecule has 0 aromatic heterocycles. The van der Waals surface area contributed by atoms with Crippen LogP contribution in [0.4, 0.5) is 0 Å². The average molecular weight is 508 g/mol. The number of carbonyl (C=O) groups excluding carboxylic acids is 1. The molecule has 0 unspecified atom stereocenters. The lowest BCUT2D eigenvalue weighted by Gasteiger charge is -2.32. The number of hydrogen-bond acceptors (Lipinski definition) is 6. The Morgan fingerprint density at radius 2 is 1.68 bits per heavy atom. The first-order valence-electron chi connectivity index (χ1n) is 12.9. The topological polar surface area (TPSA) is 85.3 Å². The fourth-order valence-electron chi connectivity index (χ4n) is 5.29. The van der Waals surface area contributed by atoms with Gasteiger partial charge in [-0.05, 0) is 87.4 Å². The molecule has 1 fully saturated rings. The Bertz CT molecular complexity index is 1160. The molecule has 7 heteroatoms. The highest BCUT2D eigenvalue weighted by Gasteiger charge is 2.36. The molecular weight excluding hydrogens is 470 g/mol. The third kappa shape index (κ3) is 6.34. The number of likely N-dealkylation sites (tertiary alicyclic amines) is 1. The number of methoxy groups -OCH3 is 2. The van der Waals surface area contributed by atoms with Crippen LogP contribution < -0.4 is 9.47 Å². The number of ether oxygens (including phenoxy) is 3. The molecular formula is C30H37NO6. The summed E-state index contributed by atoms with van der Waals surface area (Å²) in [6, 6.07) is 14.3. The molecule has 1 heterocycles. The van der Waals surface area contributed by atoms with E-state index in [1.807, 2.05) is 18.2 Å². The highest BCUT2D eigenvalue weighted by atomic mass is 16.5. The number of carbonyl (C=O) groups is 2. The number of hydrogen-bond donors (Lipinski definition) is 1. The lowest BCUT2D eigenvalue weighted by Crippen LogP contribution is -2.33. The molecule has 0 atom stereocenters. The van der Waals surface area contributed by atoms with Gasteiger partial charge in [-0.3, -0.25) is 14.5 Å². The standard InChI is InChI=1S/C30H37NO6/c1-30(2,18-27(32)33)29(34)37-28-23(15-22-16-25(35-3)26(36-4)17-24(22)28)14-20-10-12-31(13-11-20)19-21-8-6-5-7-9-21/h5-9,16-17,20H,10-15,18-19H2,1-4H3,(H,32,33). The summed E-state index contributed by atoms with van der Waals surface area (Å²) in [7, 11) is 3.18. The maximum atomic E-state index is 13.1. The second kappa shape index (κ2) is 11.4. The van der Waals surface area contributed by atoms with E-state index < -0.39 is 17.4 Å². The van der Waals surface area contributed by atoms with Gasteiger partial charge in [-0.25, -0.2) is 0 Å². The summed E-state index contributed by atoms with van der Waals surface area (Å²) in [4.78, 5) is 26.9. The number of fused-ring (bicyclic) bond motifs is 1. The van der Waals surface area contributed by atoms with Gasteiger partial charge in [0.2, 0.25) is 0 Å². The van der Waals surface area contributed by atoms with Gasteiger partial charge in [0.1, 0.15) is 5.76 Å².